The summed E-state index contributed by atoms with van der Waals surface area (Å²) in [4.78, 5) is 15.0. The van der Waals surface area contributed by atoms with Crippen LogP contribution in [0.15, 0.2) is 12.1 Å². The average molecular weight is 306 g/mol. The zero-order chi connectivity index (χ0) is 16.3. The molecule has 22 heavy (non-hydrogen) atoms. The molecule has 0 radical (unpaired) electrons. The molecule has 5 nitrogen and oxygen atoms in total. The molecule has 3 N–H and O–H groups in total. The molecule has 0 bridgehead atoms. The van der Waals surface area contributed by atoms with Gasteiger partial charge >= 0.3 is 5.97 Å². The van der Waals surface area contributed by atoms with Crippen LogP contribution in [0.3, 0.4) is 0 Å². The summed E-state index contributed by atoms with van der Waals surface area (Å²) in [5.41, 5.74) is 6.50. The molecule has 0 aliphatic heterocycles. The van der Waals surface area contributed by atoms with Crippen molar-refractivity contribution in [1.29, 1.82) is 0 Å². The van der Waals surface area contributed by atoms with E-state index in [0.29, 0.717) is 24.3 Å². The quantitative estimate of drug-likeness (QED) is 0.872. The second-order valence-corrected chi connectivity index (χ2v) is 7.29. The van der Waals surface area contributed by atoms with Gasteiger partial charge in [-0.15, -0.1) is 0 Å². The number of carboxylic acids is 1. The molecule has 2 saturated carbocycles. The van der Waals surface area contributed by atoms with Gasteiger partial charge in [-0.25, -0.2) is 9.78 Å². The van der Waals surface area contributed by atoms with Crippen LogP contribution in [-0.2, 0) is 0 Å². The number of carboxylic acid groups (broad SMARTS) is 1. The van der Waals surface area contributed by atoms with Crippen LogP contribution in [0.2, 0.25) is 0 Å². The highest BCUT2D eigenvalue weighted by atomic mass is 16.5. The molecule has 1 aromatic heterocycles. The van der Waals surface area contributed by atoms with E-state index in [9.17, 15) is 4.79 Å². The van der Waals surface area contributed by atoms with Crippen LogP contribution in [0.25, 0.3) is 0 Å². The SMILES string of the molecule is CC(C)(C)N.O=C(O)c1ccc(C2CC2)c(OCC2CC2)n1. The predicted molar refractivity (Wildman–Crippen MR) is 85.3 cm³/mol. The highest BCUT2D eigenvalue weighted by Gasteiger charge is 2.29. The Labute approximate surface area is 131 Å². The molecule has 2 aliphatic rings. The van der Waals surface area contributed by atoms with Gasteiger partial charge < -0.3 is 15.6 Å². The lowest BCUT2D eigenvalue weighted by Gasteiger charge is -2.10. The van der Waals surface area contributed by atoms with Gasteiger partial charge in [-0.2, -0.15) is 0 Å². The van der Waals surface area contributed by atoms with Crippen molar-refractivity contribution in [3.8, 4) is 5.88 Å². The van der Waals surface area contributed by atoms with E-state index in [4.69, 9.17) is 15.6 Å². The van der Waals surface area contributed by atoms with Gasteiger partial charge in [-0.1, -0.05) is 6.07 Å². The lowest BCUT2D eigenvalue weighted by atomic mass is 10.1. The molecule has 122 valence electrons. The molecule has 2 fully saturated rings. The van der Waals surface area contributed by atoms with Crippen LogP contribution in [-0.4, -0.2) is 28.2 Å². The first-order valence-electron chi connectivity index (χ1n) is 7.90. The van der Waals surface area contributed by atoms with E-state index < -0.39 is 5.97 Å². The molecule has 0 amide bonds. The lowest BCUT2D eigenvalue weighted by Crippen LogP contribution is -2.26. The number of aromatic nitrogens is 1. The first-order valence-corrected chi connectivity index (χ1v) is 7.90. The molecule has 1 aromatic rings. The summed E-state index contributed by atoms with van der Waals surface area (Å²) in [6.45, 7) is 6.57. The number of hydrogen-bond acceptors (Lipinski definition) is 4. The van der Waals surface area contributed by atoms with Gasteiger partial charge in [0.1, 0.15) is 0 Å². The fourth-order valence-electron chi connectivity index (χ4n) is 1.87. The summed E-state index contributed by atoms with van der Waals surface area (Å²) < 4.78 is 5.68. The van der Waals surface area contributed by atoms with Crippen molar-refractivity contribution in [2.45, 2.75) is 57.9 Å². The minimum absolute atomic E-state index is 0. The smallest absolute Gasteiger partial charge is 0.354 e. The number of nitrogens with two attached hydrogens (primary N) is 1. The maximum absolute atomic E-state index is 10.9. The monoisotopic (exact) mass is 306 g/mol. The van der Waals surface area contributed by atoms with Crippen LogP contribution < -0.4 is 10.5 Å². The fourth-order valence-corrected chi connectivity index (χ4v) is 1.87. The topological polar surface area (TPSA) is 85.4 Å². The van der Waals surface area contributed by atoms with Gasteiger partial charge in [0.15, 0.2) is 5.69 Å². The predicted octanol–water partition coefficient (Wildman–Crippen LogP) is 3.19. The zero-order valence-electron chi connectivity index (χ0n) is 13.6. The molecule has 0 spiro atoms. The highest BCUT2D eigenvalue weighted by molar-refractivity contribution is 5.85. The Morgan fingerprint density at radius 1 is 1.32 bits per heavy atom. The summed E-state index contributed by atoms with van der Waals surface area (Å²) in [6.07, 6.45) is 4.76. The third-order valence-electron chi connectivity index (χ3n) is 3.28. The molecular weight excluding hydrogens is 280 g/mol. The van der Waals surface area contributed by atoms with Crippen molar-refractivity contribution in [3.63, 3.8) is 0 Å². The Morgan fingerprint density at radius 2 is 1.91 bits per heavy atom. The summed E-state index contributed by atoms with van der Waals surface area (Å²) in [5.74, 6) is 0.722. The van der Waals surface area contributed by atoms with Gasteiger partial charge in [0.05, 0.1) is 6.61 Å². The number of aromatic carboxylic acids is 1. The lowest BCUT2D eigenvalue weighted by molar-refractivity contribution is 0.0689. The number of rotatable bonds is 5. The van der Waals surface area contributed by atoms with Crippen LogP contribution in [0, 0.1) is 5.92 Å². The van der Waals surface area contributed by atoms with E-state index in [1.165, 1.54) is 12.8 Å². The van der Waals surface area contributed by atoms with E-state index in [1.54, 1.807) is 6.07 Å². The Morgan fingerprint density at radius 3 is 2.36 bits per heavy atom. The number of ether oxygens (including phenoxy) is 1. The molecular formula is C17H26N2O3. The Hall–Kier alpha value is -1.62. The third kappa shape index (κ3) is 6.02. The Kier molecular flexibility index (Phi) is 5.06. The zero-order valence-corrected chi connectivity index (χ0v) is 13.6. The molecule has 1 heterocycles. The van der Waals surface area contributed by atoms with Crippen molar-refractivity contribution >= 4 is 5.97 Å². The molecule has 0 saturated heterocycles. The summed E-state index contributed by atoms with van der Waals surface area (Å²) in [7, 11) is 0. The summed E-state index contributed by atoms with van der Waals surface area (Å²) in [6, 6.07) is 3.43. The largest absolute Gasteiger partial charge is 0.477 e. The van der Waals surface area contributed by atoms with E-state index in [-0.39, 0.29) is 11.2 Å². The number of nitrogens with zero attached hydrogens (tertiary/aromatic N) is 1. The Balaban J connectivity index is 0.000000309. The van der Waals surface area contributed by atoms with Gasteiger partial charge in [-0.05, 0) is 64.4 Å². The molecule has 0 atom stereocenters. The maximum Gasteiger partial charge on any atom is 0.354 e. The first-order chi connectivity index (χ1) is 10.2. The van der Waals surface area contributed by atoms with Gasteiger partial charge in [0.2, 0.25) is 5.88 Å². The summed E-state index contributed by atoms with van der Waals surface area (Å²) >= 11 is 0. The van der Waals surface area contributed by atoms with Crippen LogP contribution in [0.5, 0.6) is 5.88 Å². The van der Waals surface area contributed by atoms with Crippen molar-refractivity contribution < 1.29 is 14.6 Å². The molecule has 2 aliphatic carbocycles. The van der Waals surface area contributed by atoms with Gasteiger partial charge in [0.25, 0.3) is 0 Å². The van der Waals surface area contributed by atoms with Crippen molar-refractivity contribution in [3.05, 3.63) is 23.4 Å². The van der Waals surface area contributed by atoms with Crippen LogP contribution >= 0.6 is 0 Å². The van der Waals surface area contributed by atoms with E-state index >= 15 is 0 Å². The second-order valence-electron chi connectivity index (χ2n) is 7.29. The van der Waals surface area contributed by atoms with Crippen molar-refractivity contribution in [1.82, 2.24) is 4.98 Å². The van der Waals surface area contributed by atoms with Crippen molar-refractivity contribution in [2.24, 2.45) is 11.7 Å². The van der Waals surface area contributed by atoms with E-state index in [1.807, 2.05) is 26.8 Å². The maximum atomic E-state index is 10.9. The summed E-state index contributed by atoms with van der Waals surface area (Å²) in [5, 5.41) is 8.93. The second kappa shape index (κ2) is 6.65. The van der Waals surface area contributed by atoms with Crippen LogP contribution in [0.4, 0.5) is 0 Å². The highest BCUT2D eigenvalue weighted by Crippen LogP contribution is 2.44. The van der Waals surface area contributed by atoms with E-state index in [0.717, 1.165) is 18.4 Å². The molecule has 5 heteroatoms. The van der Waals surface area contributed by atoms with Gasteiger partial charge in [-0.3, -0.25) is 0 Å². The first kappa shape index (κ1) is 16.7. The normalized spacial score (nSPS) is 17.5. The number of pyridine rings is 1. The molecule has 0 aromatic carbocycles. The van der Waals surface area contributed by atoms with E-state index in [2.05, 4.69) is 4.98 Å². The minimum atomic E-state index is -0.997. The third-order valence-corrected chi connectivity index (χ3v) is 3.28. The standard InChI is InChI=1S/C13H15NO3.C4H11N/c15-13(16)11-6-5-10(9-3-4-9)12(14-11)17-7-8-1-2-8;1-4(2,3)5/h5-6,8-9H,1-4,7H2,(H,15,16);5H2,1-3H3. The van der Waals surface area contributed by atoms with Crippen LogP contribution in [0.1, 0.15) is 68.4 Å². The molecule has 3 rings (SSSR count). The minimum Gasteiger partial charge on any atom is -0.477 e. The number of hydrogen-bond donors (Lipinski definition) is 2. The number of carbonyl (C=O) groups is 1. The van der Waals surface area contributed by atoms with Crippen molar-refractivity contribution in [2.75, 3.05) is 6.61 Å². The average Bonchev–Trinajstić information content (AvgIpc) is 3.25. The van der Waals surface area contributed by atoms with Gasteiger partial charge in [0, 0.05) is 11.1 Å². The fraction of sp³-hybridized carbons (Fsp3) is 0.647. The Bertz CT molecular complexity index is 523. The molecule has 0 unspecified atom stereocenters.